The molecule has 0 spiro atoms. The van der Waals surface area contributed by atoms with Gasteiger partial charge in [-0.25, -0.2) is 8.79 Å². The van der Waals surface area contributed by atoms with E-state index in [1.807, 2.05) is 6.92 Å². The lowest BCUT2D eigenvalue weighted by Gasteiger charge is -2.39. The highest BCUT2D eigenvalue weighted by Crippen LogP contribution is 2.43. The van der Waals surface area contributed by atoms with Crippen molar-refractivity contribution >= 4 is 40.7 Å². The third kappa shape index (κ3) is 5.64. The molecule has 4 nitrogen and oxygen atoms in total. The SMILES string of the molecule is C/C=C/C1(F)CC(COc2cc3[nH]c(=O)c(C=NSC(C)(C)C)cc3cc2Cl)C1. The van der Waals surface area contributed by atoms with Crippen molar-refractivity contribution in [1.29, 1.82) is 0 Å². The minimum absolute atomic E-state index is 0.0231. The highest BCUT2D eigenvalue weighted by Gasteiger charge is 2.42. The van der Waals surface area contributed by atoms with Crippen LogP contribution in [0.2, 0.25) is 5.02 Å². The summed E-state index contributed by atoms with van der Waals surface area (Å²) in [6.45, 7) is 8.38. The number of nitrogens with one attached hydrogen (secondary N) is 1. The third-order valence-corrected chi connectivity index (χ3v) is 5.69. The molecule has 1 aliphatic carbocycles. The molecule has 1 N–H and O–H groups in total. The van der Waals surface area contributed by atoms with Crippen molar-refractivity contribution in [3.8, 4) is 5.75 Å². The highest BCUT2D eigenvalue weighted by atomic mass is 35.5. The number of benzene rings is 1. The molecule has 1 fully saturated rings. The zero-order valence-corrected chi connectivity index (χ0v) is 18.7. The predicted octanol–water partition coefficient (Wildman–Crippen LogP) is 6.12. The first-order chi connectivity index (χ1) is 13.6. The Morgan fingerprint density at radius 1 is 1.38 bits per heavy atom. The topological polar surface area (TPSA) is 54.5 Å². The number of ether oxygens (including phenoxy) is 1. The van der Waals surface area contributed by atoms with Crippen LogP contribution in [0.4, 0.5) is 4.39 Å². The van der Waals surface area contributed by atoms with Crippen LogP contribution in [0.15, 0.2) is 39.5 Å². The van der Waals surface area contributed by atoms with E-state index in [4.69, 9.17) is 16.3 Å². The number of hydrogen-bond donors (Lipinski definition) is 1. The first-order valence-electron chi connectivity index (χ1n) is 9.62. The van der Waals surface area contributed by atoms with Crippen LogP contribution in [0.1, 0.15) is 46.1 Å². The molecule has 0 amide bonds. The van der Waals surface area contributed by atoms with Crippen LogP contribution in [0.5, 0.6) is 5.75 Å². The van der Waals surface area contributed by atoms with Crippen LogP contribution in [0, 0.1) is 5.92 Å². The van der Waals surface area contributed by atoms with Crippen LogP contribution >= 0.6 is 23.5 Å². The van der Waals surface area contributed by atoms with Gasteiger partial charge in [0.25, 0.3) is 5.56 Å². The Hall–Kier alpha value is -1.79. The molecule has 1 saturated carbocycles. The van der Waals surface area contributed by atoms with Gasteiger partial charge in [-0.05, 0) is 70.5 Å². The summed E-state index contributed by atoms with van der Waals surface area (Å²) >= 11 is 7.78. The number of rotatable bonds is 6. The van der Waals surface area contributed by atoms with E-state index >= 15 is 0 Å². The van der Waals surface area contributed by atoms with E-state index in [0.29, 0.717) is 41.3 Å². The van der Waals surface area contributed by atoms with Gasteiger partial charge in [0.2, 0.25) is 0 Å². The van der Waals surface area contributed by atoms with Crippen LogP contribution in [0.25, 0.3) is 10.9 Å². The highest BCUT2D eigenvalue weighted by molar-refractivity contribution is 7.99. The minimum Gasteiger partial charge on any atom is -0.492 e. The lowest BCUT2D eigenvalue weighted by Crippen LogP contribution is -2.40. The largest absolute Gasteiger partial charge is 0.492 e. The number of aromatic nitrogens is 1. The number of hydrogen-bond acceptors (Lipinski definition) is 4. The fourth-order valence-electron chi connectivity index (χ4n) is 3.33. The molecule has 156 valence electrons. The number of halogens is 2. The van der Waals surface area contributed by atoms with E-state index in [-0.39, 0.29) is 16.2 Å². The summed E-state index contributed by atoms with van der Waals surface area (Å²) < 4.78 is 24.3. The summed E-state index contributed by atoms with van der Waals surface area (Å²) in [6, 6.07) is 5.24. The second-order valence-electron chi connectivity index (χ2n) is 8.48. The normalized spacial score (nSPS) is 22.5. The van der Waals surface area contributed by atoms with Crippen LogP contribution in [-0.4, -0.2) is 28.2 Å². The summed E-state index contributed by atoms with van der Waals surface area (Å²) in [5.41, 5.74) is -0.324. The number of fused-ring (bicyclic) bond motifs is 1. The monoisotopic (exact) mass is 436 g/mol. The summed E-state index contributed by atoms with van der Waals surface area (Å²) in [5.74, 6) is 0.642. The van der Waals surface area contributed by atoms with Gasteiger partial charge in [0.1, 0.15) is 11.4 Å². The Kier molecular flexibility index (Phi) is 6.44. The van der Waals surface area contributed by atoms with E-state index in [9.17, 15) is 9.18 Å². The zero-order valence-electron chi connectivity index (χ0n) is 17.1. The molecule has 1 heterocycles. The maximum Gasteiger partial charge on any atom is 0.257 e. The Labute approximate surface area is 179 Å². The molecular weight excluding hydrogens is 411 g/mol. The third-order valence-electron chi connectivity index (χ3n) is 4.64. The Morgan fingerprint density at radius 2 is 2.10 bits per heavy atom. The van der Waals surface area contributed by atoms with Crippen molar-refractivity contribution in [3.05, 3.63) is 51.3 Å². The van der Waals surface area contributed by atoms with Gasteiger partial charge in [-0.3, -0.25) is 4.79 Å². The van der Waals surface area contributed by atoms with Crippen molar-refractivity contribution in [2.45, 2.75) is 51.0 Å². The molecule has 0 saturated heterocycles. The van der Waals surface area contributed by atoms with E-state index in [0.717, 1.165) is 5.39 Å². The first-order valence-corrected chi connectivity index (χ1v) is 10.8. The van der Waals surface area contributed by atoms with Gasteiger partial charge in [0.15, 0.2) is 0 Å². The molecule has 2 aromatic rings. The number of aromatic amines is 1. The van der Waals surface area contributed by atoms with E-state index < -0.39 is 5.67 Å². The molecule has 1 aromatic heterocycles. The first kappa shape index (κ1) is 21.9. The van der Waals surface area contributed by atoms with E-state index in [1.54, 1.807) is 36.6 Å². The average Bonchev–Trinajstić information content (AvgIpc) is 2.58. The van der Waals surface area contributed by atoms with Gasteiger partial charge >= 0.3 is 0 Å². The van der Waals surface area contributed by atoms with Crippen LogP contribution < -0.4 is 10.3 Å². The predicted molar refractivity (Wildman–Crippen MR) is 121 cm³/mol. The van der Waals surface area contributed by atoms with E-state index in [1.165, 1.54) is 11.9 Å². The number of pyridine rings is 1. The molecular formula is C22H26ClFN2O2S. The van der Waals surface area contributed by atoms with Gasteiger partial charge in [-0.15, -0.1) is 0 Å². The standard InChI is InChI=1S/C22H26ClFN2O2S/c1-5-6-22(24)10-14(11-22)13-28-19-9-18-15(8-17(19)23)7-16(20(27)26-18)12-25-29-21(2,3)4/h5-9,12,14H,10-11,13H2,1-4H3,(H,26,27)/b6-5+,25-12?. The molecule has 0 bridgehead atoms. The molecule has 1 aliphatic rings. The smallest absolute Gasteiger partial charge is 0.257 e. The molecule has 0 aliphatic heterocycles. The van der Waals surface area contributed by atoms with Crippen molar-refractivity contribution in [2.24, 2.45) is 10.3 Å². The second-order valence-corrected chi connectivity index (χ2v) is 10.5. The Bertz CT molecular complexity index is 1000. The summed E-state index contributed by atoms with van der Waals surface area (Å²) in [6.07, 6.45) is 5.83. The lowest BCUT2D eigenvalue weighted by atomic mass is 9.72. The molecule has 0 unspecified atom stereocenters. The van der Waals surface area contributed by atoms with Crippen molar-refractivity contribution in [1.82, 2.24) is 4.98 Å². The molecule has 0 radical (unpaired) electrons. The van der Waals surface area contributed by atoms with Crippen LogP contribution in [-0.2, 0) is 0 Å². The van der Waals surface area contributed by atoms with Gasteiger partial charge in [-0.2, -0.15) is 0 Å². The summed E-state index contributed by atoms with van der Waals surface area (Å²) in [5, 5.41) is 1.25. The number of alkyl halides is 1. The lowest BCUT2D eigenvalue weighted by molar-refractivity contribution is 0.0261. The molecule has 3 rings (SSSR count). The van der Waals surface area contributed by atoms with Crippen molar-refractivity contribution < 1.29 is 9.13 Å². The quantitative estimate of drug-likeness (QED) is 0.337. The maximum atomic E-state index is 14.2. The fourth-order valence-corrected chi connectivity index (χ4v) is 4.04. The Balaban J connectivity index is 1.72. The average molecular weight is 437 g/mol. The van der Waals surface area contributed by atoms with Crippen molar-refractivity contribution in [2.75, 3.05) is 6.61 Å². The molecule has 7 heteroatoms. The van der Waals surface area contributed by atoms with Gasteiger partial charge in [0, 0.05) is 22.4 Å². The van der Waals surface area contributed by atoms with Gasteiger partial charge in [0.05, 0.1) is 22.7 Å². The Morgan fingerprint density at radius 3 is 2.76 bits per heavy atom. The van der Waals surface area contributed by atoms with Crippen LogP contribution in [0.3, 0.4) is 0 Å². The van der Waals surface area contributed by atoms with E-state index in [2.05, 4.69) is 30.2 Å². The molecule has 29 heavy (non-hydrogen) atoms. The summed E-state index contributed by atoms with van der Waals surface area (Å²) in [7, 11) is 0. The van der Waals surface area contributed by atoms with Crippen molar-refractivity contribution in [3.63, 3.8) is 0 Å². The number of H-pyrrole nitrogens is 1. The number of allylic oxidation sites excluding steroid dienone is 2. The number of nitrogens with zero attached hydrogens (tertiary/aromatic N) is 1. The minimum atomic E-state index is -1.20. The summed E-state index contributed by atoms with van der Waals surface area (Å²) in [4.78, 5) is 15.2. The maximum absolute atomic E-state index is 14.2. The molecule has 0 atom stereocenters. The second kappa shape index (κ2) is 8.52. The molecule has 1 aromatic carbocycles. The van der Waals surface area contributed by atoms with Gasteiger partial charge < -0.3 is 9.72 Å². The van der Waals surface area contributed by atoms with Gasteiger partial charge in [-0.1, -0.05) is 23.8 Å². The zero-order chi connectivity index (χ0) is 21.2. The fraction of sp³-hybridized carbons (Fsp3) is 0.455.